The molecule has 1 heterocycles. The Morgan fingerprint density at radius 1 is 1.89 bits per heavy atom. The Balaban J connectivity index is 2.62. The number of aliphatic imine (C=N–C) groups is 1. The molecule has 0 aromatic heterocycles. The zero-order valence-electron chi connectivity index (χ0n) is 5.34. The summed E-state index contributed by atoms with van der Waals surface area (Å²) in [6.45, 7) is 0. The summed E-state index contributed by atoms with van der Waals surface area (Å²) < 4.78 is 0.236. The van der Waals surface area contributed by atoms with Crippen LogP contribution in [0.3, 0.4) is 0 Å². The summed E-state index contributed by atoms with van der Waals surface area (Å²) in [6.07, 6.45) is 0. The predicted molar refractivity (Wildman–Crippen MR) is 34.3 cm³/mol. The van der Waals surface area contributed by atoms with Gasteiger partial charge < -0.3 is 0 Å². The van der Waals surface area contributed by atoms with E-state index in [2.05, 4.69) is 10.3 Å². The molecule has 1 amide bonds. The first-order valence-corrected chi connectivity index (χ1v) is 8.33. The van der Waals surface area contributed by atoms with Crippen LogP contribution < -0.4 is 5.32 Å². The van der Waals surface area contributed by atoms with Gasteiger partial charge in [-0.1, -0.05) is 0 Å². The topological polar surface area (TPSA) is 41.5 Å². The van der Waals surface area contributed by atoms with Crippen LogP contribution in [0.5, 0.6) is 0 Å². The molecule has 3 nitrogen and oxygen atoms in total. The third-order valence-electron chi connectivity index (χ3n) is 1.06. The van der Waals surface area contributed by atoms with Crippen LogP contribution in [0.25, 0.3) is 0 Å². The van der Waals surface area contributed by atoms with E-state index in [4.69, 9.17) is 0 Å². The van der Waals surface area contributed by atoms with Crippen molar-refractivity contribution in [2.24, 2.45) is 4.99 Å². The number of carbonyl (C=O) groups is 1. The first kappa shape index (κ1) is 8.06. The zero-order chi connectivity index (χ0) is 6.85. The number of amides is 1. The van der Waals surface area contributed by atoms with E-state index in [1.54, 1.807) is 18.8 Å². The number of amidine groups is 1. The van der Waals surface area contributed by atoms with Crippen LogP contribution in [0.15, 0.2) is 4.99 Å². The molecule has 0 bridgehead atoms. The fourth-order valence-electron chi connectivity index (χ4n) is 0.550. The molecule has 0 spiro atoms. The molecule has 0 aliphatic carbocycles. The van der Waals surface area contributed by atoms with E-state index in [0.717, 1.165) is 5.17 Å². The Morgan fingerprint density at radius 3 is 2.78 bits per heavy atom. The van der Waals surface area contributed by atoms with Crippen LogP contribution in [0, 0.1) is 42.8 Å². The molecule has 5 heteroatoms. The summed E-state index contributed by atoms with van der Waals surface area (Å²) in [5.41, 5.74) is 0. The Bertz CT molecular complexity index is 170. The van der Waals surface area contributed by atoms with Gasteiger partial charge in [0.05, 0.1) is 0 Å². The second kappa shape index (κ2) is 3.38. The summed E-state index contributed by atoms with van der Waals surface area (Å²) in [4.78, 5) is 14.5. The number of hydrogen-bond acceptors (Lipinski definition) is 3. The van der Waals surface area contributed by atoms with Gasteiger partial charge in [-0.3, -0.25) is 0 Å². The summed E-state index contributed by atoms with van der Waals surface area (Å²) in [6, 6.07) is 0. The number of nitrogens with one attached hydrogen (secondary N) is 1. The van der Waals surface area contributed by atoms with Crippen molar-refractivity contribution in [3.8, 4) is 0 Å². The average Bonchev–Trinajstić information content (AvgIpc) is 2.13. The molecule has 0 aromatic rings. The number of carbonyl (C=O) groups excluding carboxylic acids is 1. The monoisotopic (exact) mass is 356 g/mol. The van der Waals surface area contributed by atoms with Gasteiger partial charge in [0.25, 0.3) is 0 Å². The SMILES string of the molecule is CNC1=NC(=O)[CH]([RaH])S1. The summed E-state index contributed by atoms with van der Waals surface area (Å²) in [5, 5.41) is 3.64. The molecule has 1 aliphatic heterocycles. The van der Waals surface area contributed by atoms with Crippen molar-refractivity contribution in [2.45, 2.75) is 0.291 Å². The molecule has 0 saturated heterocycles. The van der Waals surface area contributed by atoms with Gasteiger partial charge >= 0.3 is 88.1 Å². The Hall–Kier alpha value is 0.958. The molecule has 0 saturated carbocycles. The van der Waals surface area contributed by atoms with Gasteiger partial charge in [0.15, 0.2) is 0 Å². The van der Waals surface area contributed by atoms with Crippen LogP contribution in [0.2, 0.25) is 0 Å². The van der Waals surface area contributed by atoms with Crippen LogP contribution >= 0.6 is 11.8 Å². The van der Waals surface area contributed by atoms with Crippen molar-refractivity contribution >= 4 is 22.8 Å². The van der Waals surface area contributed by atoms with Gasteiger partial charge in [0, 0.05) is 0 Å². The van der Waals surface area contributed by atoms with Gasteiger partial charge in [-0.25, -0.2) is 0 Å². The van der Waals surface area contributed by atoms with Crippen LogP contribution in [-0.2, 0) is 4.79 Å². The van der Waals surface area contributed by atoms with E-state index in [1.807, 2.05) is 0 Å². The number of hydrogen-bond donors (Lipinski definition) is 1. The first-order chi connectivity index (χ1) is 4.24. The van der Waals surface area contributed by atoms with Crippen LogP contribution in [0.4, 0.5) is 0 Å². The molecule has 0 fully saturated rings. The van der Waals surface area contributed by atoms with E-state index in [-0.39, 0.29) is 49.0 Å². The molecular weight excluding hydrogens is 350 g/mol. The Kier molecular flexibility index (Phi) is 3.02. The Morgan fingerprint density at radius 2 is 2.56 bits per heavy atom. The number of nitrogens with zero attached hydrogens (tertiary/aromatic N) is 1. The second-order valence-corrected chi connectivity index (χ2v) is 11.3. The molecular formula is C4H6N2ORaS. The summed E-state index contributed by atoms with van der Waals surface area (Å²) >= 11 is 1.83. The van der Waals surface area contributed by atoms with E-state index in [9.17, 15) is 4.79 Å². The van der Waals surface area contributed by atoms with Gasteiger partial charge in [-0.05, 0) is 0 Å². The number of thioether (sulfide) groups is 1. The van der Waals surface area contributed by atoms with Gasteiger partial charge in [0.2, 0.25) is 0 Å². The van der Waals surface area contributed by atoms with E-state index < -0.39 is 0 Å². The predicted octanol–water partition coefficient (Wildman–Crippen LogP) is -0.557. The molecule has 0 aromatic carbocycles. The minimum atomic E-state index is 0.0644. The van der Waals surface area contributed by atoms with E-state index in [1.165, 1.54) is 0 Å². The fourth-order valence-corrected chi connectivity index (χ4v) is 4.58. The third-order valence-corrected chi connectivity index (χ3v) is 7.07. The zero-order valence-corrected chi connectivity index (χ0v) is 14.4. The van der Waals surface area contributed by atoms with Gasteiger partial charge in [-0.15, -0.1) is 0 Å². The van der Waals surface area contributed by atoms with Crippen molar-refractivity contribution in [1.82, 2.24) is 5.32 Å². The van der Waals surface area contributed by atoms with Crippen molar-refractivity contribution in [2.75, 3.05) is 7.05 Å². The molecule has 1 aliphatic rings. The van der Waals surface area contributed by atoms with Gasteiger partial charge in [0.1, 0.15) is 0 Å². The molecule has 46 valence electrons. The van der Waals surface area contributed by atoms with Gasteiger partial charge in [-0.2, -0.15) is 0 Å². The third kappa shape index (κ3) is 1.94. The molecule has 0 radical (unpaired) electrons. The average molecular weight is 356 g/mol. The molecule has 1 unspecified atom stereocenters. The second-order valence-electron chi connectivity index (χ2n) is 1.77. The number of rotatable bonds is 0. The van der Waals surface area contributed by atoms with Crippen LogP contribution in [-0.4, -0.2) is 18.4 Å². The standard InChI is InChI=1S/C4H5N2OS.Ra.H/c1-5-4-6-3(7)2-8-4;;/h2H,1H3,(H,5,6,7);;. The maximum absolute atomic E-state index is 10.8. The van der Waals surface area contributed by atoms with Crippen molar-refractivity contribution in [3.63, 3.8) is 0 Å². The minimum absolute atomic E-state index is 0.0644. The quantitative estimate of drug-likeness (QED) is 0.633. The Labute approximate surface area is 86.8 Å². The fraction of sp³-hybridized carbons (Fsp3) is 0.500. The molecule has 1 atom stereocenters. The van der Waals surface area contributed by atoms with E-state index >= 15 is 0 Å². The molecule has 1 rings (SSSR count). The first-order valence-electron chi connectivity index (χ1n) is 2.71. The maximum atomic E-state index is 10.8. The summed E-state index contributed by atoms with van der Waals surface area (Å²) in [7, 11) is 1.79. The molecule has 9 heavy (non-hydrogen) atoms. The molecule has 1 N–H and O–H groups in total. The van der Waals surface area contributed by atoms with Crippen molar-refractivity contribution in [3.05, 3.63) is 0 Å². The van der Waals surface area contributed by atoms with E-state index in [0.29, 0.717) is 0 Å². The summed E-state index contributed by atoms with van der Waals surface area (Å²) in [5.74, 6) is 0.0644. The van der Waals surface area contributed by atoms with Crippen molar-refractivity contribution < 1.29 is 47.6 Å². The van der Waals surface area contributed by atoms with Crippen LogP contribution in [0.1, 0.15) is 0 Å². The van der Waals surface area contributed by atoms with Crippen molar-refractivity contribution in [1.29, 1.82) is 0 Å². The normalized spacial score (nSPS) is 26.0.